The smallest absolute Gasteiger partial charge is 0.221 e. The van der Waals surface area contributed by atoms with Gasteiger partial charge in [0.1, 0.15) is 11.9 Å². The van der Waals surface area contributed by atoms with Crippen LogP contribution in [0.5, 0.6) is 5.75 Å². The first-order chi connectivity index (χ1) is 9.54. The molecule has 110 valence electrons. The van der Waals surface area contributed by atoms with E-state index in [0.717, 1.165) is 37.4 Å². The normalized spacial score (nSPS) is 17.2. The van der Waals surface area contributed by atoms with Gasteiger partial charge in [0.2, 0.25) is 5.91 Å². The van der Waals surface area contributed by atoms with Gasteiger partial charge in [0, 0.05) is 31.7 Å². The van der Waals surface area contributed by atoms with Gasteiger partial charge in [-0.15, -0.1) is 0 Å². The van der Waals surface area contributed by atoms with Crippen LogP contribution in [0.25, 0.3) is 0 Å². The number of nitrogens with one attached hydrogen (secondary N) is 1. The van der Waals surface area contributed by atoms with Crippen molar-refractivity contribution in [3.05, 3.63) is 24.3 Å². The lowest BCUT2D eigenvalue weighted by Crippen LogP contribution is -2.41. The predicted octanol–water partition coefficient (Wildman–Crippen LogP) is 2.90. The number of rotatable bonds is 4. The van der Waals surface area contributed by atoms with Gasteiger partial charge in [0.05, 0.1) is 0 Å². The third-order valence-corrected chi connectivity index (χ3v) is 3.68. The van der Waals surface area contributed by atoms with Crippen molar-refractivity contribution in [1.29, 1.82) is 0 Å². The number of ether oxygens (including phenoxy) is 1. The van der Waals surface area contributed by atoms with E-state index in [-0.39, 0.29) is 5.91 Å². The lowest BCUT2D eigenvalue weighted by atomic mass is 10.1. The minimum Gasteiger partial charge on any atom is -0.490 e. The van der Waals surface area contributed by atoms with Crippen molar-refractivity contribution in [2.24, 2.45) is 0 Å². The van der Waals surface area contributed by atoms with E-state index in [2.05, 4.69) is 24.1 Å². The zero-order valence-electron chi connectivity index (χ0n) is 12.6. The van der Waals surface area contributed by atoms with Gasteiger partial charge in [0.25, 0.3) is 0 Å². The summed E-state index contributed by atoms with van der Waals surface area (Å²) in [6, 6.07) is 8.20. The fourth-order valence-electron chi connectivity index (χ4n) is 2.52. The van der Waals surface area contributed by atoms with Crippen LogP contribution in [-0.2, 0) is 4.79 Å². The summed E-state index contributed by atoms with van der Waals surface area (Å²) >= 11 is 0. The molecule has 0 saturated carbocycles. The second-order valence-electron chi connectivity index (χ2n) is 5.65. The van der Waals surface area contributed by atoms with Crippen molar-refractivity contribution in [1.82, 2.24) is 4.90 Å². The molecule has 1 aromatic carbocycles. The van der Waals surface area contributed by atoms with E-state index in [0.29, 0.717) is 12.1 Å². The van der Waals surface area contributed by atoms with Gasteiger partial charge in [0.15, 0.2) is 0 Å². The Morgan fingerprint density at radius 2 is 1.85 bits per heavy atom. The molecule has 1 N–H and O–H groups in total. The Bertz CT molecular complexity index is 434. The van der Waals surface area contributed by atoms with E-state index in [9.17, 15) is 4.79 Å². The van der Waals surface area contributed by atoms with Crippen molar-refractivity contribution >= 4 is 11.6 Å². The number of carbonyl (C=O) groups is 1. The van der Waals surface area contributed by atoms with Gasteiger partial charge in [-0.05, 0) is 51.0 Å². The van der Waals surface area contributed by atoms with Crippen molar-refractivity contribution in [2.75, 3.05) is 18.4 Å². The van der Waals surface area contributed by atoms with Gasteiger partial charge in [-0.3, -0.25) is 4.79 Å². The molecule has 4 heteroatoms. The number of carbonyl (C=O) groups excluding carboxylic acids is 1. The second-order valence-corrected chi connectivity index (χ2v) is 5.65. The highest BCUT2D eigenvalue weighted by atomic mass is 16.5. The molecule has 1 aromatic rings. The Morgan fingerprint density at radius 1 is 1.25 bits per heavy atom. The van der Waals surface area contributed by atoms with Crippen LogP contribution in [0, 0.1) is 0 Å². The summed E-state index contributed by atoms with van der Waals surface area (Å²) in [6.07, 6.45) is 2.45. The first-order valence-electron chi connectivity index (χ1n) is 7.33. The average Bonchev–Trinajstić information content (AvgIpc) is 2.41. The molecule has 0 aromatic heterocycles. The highest BCUT2D eigenvalue weighted by Crippen LogP contribution is 2.21. The van der Waals surface area contributed by atoms with Crippen LogP contribution in [0.2, 0.25) is 0 Å². The molecule has 0 unspecified atom stereocenters. The van der Waals surface area contributed by atoms with Crippen molar-refractivity contribution in [3.63, 3.8) is 0 Å². The zero-order valence-corrected chi connectivity index (χ0v) is 12.6. The molecule has 1 aliphatic heterocycles. The summed E-state index contributed by atoms with van der Waals surface area (Å²) in [6.45, 7) is 8.19. The quantitative estimate of drug-likeness (QED) is 0.919. The Hall–Kier alpha value is -1.55. The van der Waals surface area contributed by atoms with Crippen molar-refractivity contribution in [3.8, 4) is 5.75 Å². The summed E-state index contributed by atoms with van der Waals surface area (Å²) in [7, 11) is 0. The van der Waals surface area contributed by atoms with Gasteiger partial charge < -0.3 is 15.0 Å². The molecular formula is C16H24N2O2. The van der Waals surface area contributed by atoms with E-state index in [1.54, 1.807) is 0 Å². The molecular weight excluding hydrogens is 252 g/mol. The summed E-state index contributed by atoms with van der Waals surface area (Å²) in [5.74, 6) is 0.821. The fraction of sp³-hybridized carbons (Fsp3) is 0.562. The van der Waals surface area contributed by atoms with E-state index in [4.69, 9.17) is 4.74 Å². The fourth-order valence-corrected chi connectivity index (χ4v) is 2.52. The topological polar surface area (TPSA) is 41.6 Å². The Kier molecular flexibility index (Phi) is 5.01. The van der Waals surface area contributed by atoms with Crippen LogP contribution in [-0.4, -0.2) is 36.0 Å². The maximum absolute atomic E-state index is 11.0. The number of likely N-dealkylation sites (tertiary alicyclic amines) is 1. The van der Waals surface area contributed by atoms with Crippen molar-refractivity contribution in [2.45, 2.75) is 45.8 Å². The molecule has 1 amide bonds. The van der Waals surface area contributed by atoms with Crippen LogP contribution < -0.4 is 10.1 Å². The second kappa shape index (κ2) is 6.75. The third-order valence-electron chi connectivity index (χ3n) is 3.68. The zero-order chi connectivity index (χ0) is 14.5. The van der Waals surface area contributed by atoms with Gasteiger partial charge >= 0.3 is 0 Å². The lowest BCUT2D eigenvalue weighted by molar-refractivity contribution is -0.114. The SMILES string of the molecule is CC(=O)Nc1ccc(OC2CCN(C(C)C)CC2)cc1. The summed E-state index contributed by atoms with van der Waals surface area (Å²) in [4.78, 5) is 13.4. The van der Waals surface area contributed by atoms with E-state index in [1.807, 2.05) is 24.3 Å². The van der Waals surface area contributed by atoms with E-state index >= 15 is 0 Å². The maximum atomic E-state index is 11.0. The molecule has 4 nitrogen and oxygen atoms in total. The number of hydrogen-bond acceptors (Lipinski definition) is 3. The van der Waals surface area contributed by atoms with Crippen LogP contribution >= 0.6 is 0 Å². The molecule has 1 saturated heterocycles. The van der Waals surface area contributed by atoms with Gasteiger partial charge in [-0.25, -0.2) is 0 Å². The molecule has 20 heavy (non-hydrogen) atoms. The van der Waals surface area contributed by atoms with Crippen LogP contribution in [0.4, 0.5) is 5.69 Å². The van der Waals surface area contributed by atoms with Gasteiger partial charge in [-0.2, -0.15) is 0 Å². The molecule has 0 aliphatic carbocycles. The molecule has 0 atom stereocenters. The van der Waals surface area contributed by atoms with Gasteiger partial charge in [-0.1, -0.05) is 0 Å². The van der Waals surface area contributed by atoms with Crippen molar-refractivity contribution < 1.29 is 9.53 Å². The highest BCUT2D eigenvalue weighted by Gasteiger charge is 2.21. The first-order valence-corrected chi connectivity index (χ1v) is 7.33. The largest absolute Gasteiger partial charge is 0.490 e. The number of nitrogens with zero attached hydrogens (tertiary/aromatic N) is 1. The molecule has 1 aliphatic rings. The Morgan fingerprint density at radius 3 is 2.35 bits per heavy atom. The lowest BCUT2D eigenvalue weighted by Gasteiger charge is -2.34. The number of anilines is 1. The van der Waals surface area contributed by atoms with Crippen LogP contribution in [0.15, 0.2) is 24.3 Å². The average molecular weight is 276 g/mol. The summed E-state index contributed by atoms with van der Waals surface area (Å²) in [5, 5.41) is 2.75. The molecule has 0 radical (unpaired) electrons. The Labute approximate surface area is 121 Å². The minimum absolute atomic E-state index is 0.0558. The van der Waals surface area contributed by atoms with E-state index < -0.39 is 0 Å². The first kappa shape index (κ1) is 14.9. The molecule has 0 spiro atoms. The predicted molar refractivity (Wildman–Crippen MR) is 81.1 cm³/mol. The molecule has 1 fully saturated rings. The molecule has 0 bridgehead atoms. The molecule has 2 rings (SSSR count). The maximum Gasteiger partial charge on any atom is 0.221 e. The standard InChI is InChI=1S/C16H24N2O2/c1-12(2)18-10-8-16(9-11-18)20-15-6-4-14(5-7-15)17-13(3)19/h4-7,12,16H,8-11H2,1-3H3,(H,17,19). The summed E-state index contributed by atoms with van der Waals surface area (Å²) in [5.41, 5.74) is 0.805. The monoisotopic (exact) mass is 276 g/mol. The highest BCUT2D eigenvalue weighted by molar-refractivity contribution is 5.88. The number of amides is 1. The molecule has 1 heterocycles. The Balaban J connectivity index is 1.83. The number of piperidine rings is 1. The van der Waals surface area contributed by atoms with Crippen LogP contribution in [0.1, 0.15) is 33.6 Å². The van der Waals surface area contributed by atoms with Crippen LogP contribution in [0.3, 0.4) is 0 Å². The third kappa shape index (κ3) is 4.23. The summed E-state index contributed by atoms with van der Waals surface area (Å²) < 4.78 is 6.00. The van der Waals surface area contributed by atoms with E-state index in [1.165, 1.54) is 6.92 Å². The minimum atomic E-state index is -0.0558. The number of benzene rings is 1. The number of hydrogen-bond donors (Lipinski definition) is 1.